The van der Waals surface area contributed by atoms with Crippen molar-refractivity contribution < 1.29 is 9.47 Å². The van der Waals surface area contributed by atoms with Crippen molar-refractivity contribution in [2.45, 2.75) is 6.04 Å². The third-order valence-corrected chi connectivity index (χ3v) is 5.60. The molecule has 0 amide bonds. The zero-order valence-corrected chi connectivity index (χ0v) is 15.9. The second-order valence-electron chi connectivity index (χ2n) is 4.11. The van der Waals surface area contributed by atoms with E-state index in [0.29, 0.717) is 0 Å². The van der Waals surface area contributed by atoms with Crippen molar-refractivity contribution >= 4 is 49.9 Å². The molecule has 2 aromatic rings. The molecule has 0 aliphatic rings. The predicted molar refractivity (Wildman–Crippen MR) is 95.2 cm³/mol. The highest BCUT2D eigenvalue weighted by molar-refractivity contribution is 14.1. The molecule has 1 N–H and O–H groups in total. The highest BCUT2D eigenvalue weighted by Crippen LogP contribution is 2.41. The molecule has 0 aliphatic carbocycles. The molecular formula is C14H15BrINO2S. The molecule has 108 valence electrons. The minimum absolute atomic E-state index is 0.0897. The molecule has 2 rings (SSSR count). The Labute approximate surface area is 144 Å². The maximum atomic E-state index is 5.56. The molecule has 0 fully saturated rings. The summed E-state index contributed by atoms with van der Waals surface area (Å²) >= 11 is 7.62. The predicted octanol–water partition coefficient (Wildman–Crippen LogP) is 4.44. The van der Waals surface area contributed by atoms with E-state index in [0.717, 1.165) is 21.5 Å². The summed E-state index contributed by atoms with van der Waals surface area (Å²) in [6.45, 7) is 0. The minimum Gasteiger partial charge on any atom is -0.495 e. The normalized spacial score (nSPS) is 12.2. The number of thiophene rings is 1. The fourth-order valence-corrected chi connectivity index (χ4v) is 4.20. The van der Waals surface area contributed by atoms with E-state index in [1.165, 1.54) is 8.45 Å². The Morgan fingerprint density at radius 3 is 2.55 bits per heavy atom. The Kier molecular flexibility index (Phi) is 5.71. The van der Waals surface area contributed by atoms with E-state index >= 15 is 0 Å². The lowest BCUT2D eigenvalue weighted by molar-refractivity contribution is 0.383. The van der Waals surface area contributed by atoms with Crippen molar-refractivity contribution in [1.29, 1.82) is 0 Å². The topological polar surface area (TPSA) is 30.5 Å². The van der Waals surface area contributed by atoms with Gasteiger partial charge >= 0.3 is 0 Å². The molecule has 0 bridgehead atoms. The monoisotopic (exact) mass is 467 g/mol. The molecule has 0 saturated carbocycles. The molecule has 3 nitrogen and oxygen atoms in total. The van der Waals surface area contributed by atoms with Gasteiger partial charge in [0.15, 0.2) is 0 Å². The van der Waals surface area contributed by atoms with Crippen molar-refractivity contribution in [3.8, 4) is 11.5 Å². The quantitative estimate of drug-likeness (QED) is 0.659. The maximum absolute atomic E-state index is 5.56. The van der Waals surface area contributed by atoms with E-state index in [1.807, 2.05) is 19.2 Å². The smallest absolute Gasteiger partial charge is 0.141 e. The van der Waals surface area contributed by atoms with Crippen molar-refractivity contribution in [3.63, 3.8) is 0 Å². The van der Waals surface area contributed by atoms with Gasteiger partial charge in [-0.25, -0.2) is 0 Å². The molecule has 1 aromatic carbocycles. The van der Waals surface area contributed by atoms with E-state index in [4.69, 9.17) is 9.47 Å². The SMILES string of the molecule is CNC(c1csc(I)c1)c1ccc(OC)c(Br)c1OC. The van der Waals surface area contributed by atoms with Gasteiger partial charge in [0.05, 0.1) is 23.1 Å². The first-order valence-corrected chi connectivity index (χ1v) is 8.69. The van der Waals surface area contributed by atoms with Gasteiger partial charge in [0, 0.05) is 5.56 Å². The van der Waals surface area contributed by atoms with Crippen LogP contribution in [0.5, 0.6) is 11.5 Å². The number of benzene rings is 1. The van der Waals surface area contributed by atoms with Crippen LogP contribution in [0.15, 0.2) is 28.1 Å². The van der Waals surface area contributed by atoms with E-state index in [2.05, 4.69) is 55.3 Å². The van der Waals surface area contributed by atoms with Crippen LogP contribution in [-0.4, -0.2) is 21.3 Å². The highest BCUT2D eigenvalue weighted by Gasteiger charge is 2.21. The van der Waals surface area contributed by atoms with Gasteiger partial charge in [-0.3, -0.25) is 0 Å². The lowest BCUT2D eigenvalue weighted by Gasteiger charge is -2.20. The van der Waals surface area contributed by atoms with Gasteiger partial charge in [-0.2, -0.15) is 0 Å². The van der Waals surface area contributed by atoms with Crippen molar-refractivity contribution in [2.24, 2.45) is 0 Å². The molecule has 1 heterocycles. The highest BCUT2D eigenvalue weighted by atomic mass is 127. The first-order valence-electron chi connectivity index (χ1n) is 5.94. The number of hydrogen-bond acceptors (Lipinski definition) is 4. The number of halogens is 2. The van der Waals surface area contributed by atoms with Crippen LogP contribution in [0, 0.1) is 2.88 Å². The Hall–Kier alpha value is -0.310. The molecule has 1 aromatic heterocycles. The summed E-state index contributed by atoms with van der Waals surface area (Å²) in [5, 5.41) is 5.52. The lowest BCUT2D eigenvalue weighted by Crippen LogP contribution is -2.18. The summed E-state index contributed by atoms with van der Waals surface area (Å²) in [7, 11) is 5.27. The zero-order chi connectivity index (χ0) is 14.7. The average molecular weight is 468 g/mol. The number of rotatable bonds is 5. The van der Waals surface area contributed by atoms with Crippen molar-refractivity contribution in [1.82, 2.24) is 5.32 Å². The van der Waals surface area contributed by atoms with Gasteiger partial charge in [0.1, 0.15) is 16.0 Å². The van der Waals surface area contributed by atoms with Crippen LogP contribution in [0.1, 0.15) is 17.2 Å². The molecule has 0 spiro atoms. The molecular weight excluding hydrogens is 453 g/mol. The molecule has 1 unspecified atom stereocenters. The summed E-state index contributed by atoms with van der Waals surface area (Å²) in [6.07, 6.45) is 0. The number of hydrogen-bond donors (Lipinski definition) is 1. The molecule has 0 saturated heterocycles. The van der Waals surface area contributed by atoms with E-state index in [9.17, 15) is 0 Å². The summed E-state index contributed by atoms with van der Waals surface area (Å²) < 4.78 is 13.0. The zero-order valence-electron chi connectivity index (χ0n) is 11.4. The molecule has 0 radical (unpaired) electrons. The third kappa shape index (κ3) is 3.13. The Bertz CT molecular complexity index is 603. The fourth-order valence-electron chi connectivity index (χ4n) is 2.12. The van der Waals surface area contributed by atoms with Crippen LogP contribution in [-0.2, 0) is 0 Å². The van der Waals surface area contributed by atoms with Crippen LogP contribution >= 0.6 is 49.9 Å². The lowest BCUT2D eigenvalue weighted by atomic mass is 10.0. The van der Waals surface area contributed by atoms with Gasteiger partial charge in [0.2, 0.25) is 0 Å². The molecule has 6 heteroatoms. The molecule has 20 heavy (non-hydrogen) atoms. The van der Waals surface area contributed by atoms with Crippen LogP contribution in [0.4, 0.5) is 0 Å². The second-order valence-corrected chi connectivity index (χ2v) is 7.71. The Balaban J connectivity index is 2.52. The summed E-state index contributed by atoms with van der Waals surface area (Å²) in [6, 6.07) is 6.26. The first-order chi connectivity index (χ1) is 9.62. The van der Waals surface area contributed by atoms with Gasteiger partial charge in [0.25, 0.3) is 0 Å². The summed E-state index contributed by atoms with van der Waals surface area (Å²) in [5.74, 6) is 1.56. The van der Waals surface area contributed by atoms with Gasteiger partial charge in [-0.15, -0.1) is 11.3 Å². The average Bonchev–Trinajstić information content (AvgIpc) is 2.86. The van der Waals surface area contributed by atoms with Crippen LogP contribution < -0.4 is 14.8 Å². The van der Waals surface area contributed by atoms with Crippen LogP contribution in [0.3, 0.4) is 0 Å². The first kappa shape index (κ1) is 16.1. The molecule has 1 atom stereocenters. The minimum atomic E-state index is 0.0897. The number of methoxy groups -OCH3 is 2. The largest absolute Gasteiger partial charge is 0.495 e. The Morgan fingerprint density at radius 2 is 2.05 bits per heavy atom. The second kappa shape index (κ2) is 7.11. The van der Waals surface area contributed by atoms with Crippen molar-refractivity contribution in [2.75, 3.05) is 21.3 Å². The van der Waals surface area contributed by atoms with Gasteiger partial charge in [-0.1, -0.05) is 0 Å². The number of ether oxygens (including phenoxy) is 2. The van der Waals surface area contributed by atoms with E-state index in [-0.39, 0.29) is 6.04 Å². The summed E-state index contributed by atoms with van der Waals surface area (Å²) in [4.78, 5) is 0. The number of nitrogens with one attached hydrogen (secondary N) is 1. The maximum Gasteiger partial charge on any atom is 0.141 e. The summed E-state index contributed by atoms with van der Waals surface area (Å²) in [5.41, 5.74) is 2.31. The standard InChI is InChI=1S/C14H15BrINO2S/c1-17-13(8-6-11(16)20-7-8)9-4-5-10(18-2)12(15)14(9)19-3/h4-7,13,17H,1-3H3. The Morgan fingerprint density at radius 1 is 1.30 bits per heavy atom. The third-order valence-electron chi connectivity index (χ3n) is 3.04. The van der Waals surface area contributed by atoms with E-state index in [1.54, 1.807) is 25.6 Å². The van der Waals surface area contributed by atoms with Gasteiger partial charge in [-0.05, 0) is 74.7 Å². The van der Waals surface area contributed by atoms with E-state index < -0.39 is 0 Å². The fraction of sp³-hybridized carbons (Fsp3) is 0.286. The van der Waals surface area contributed by atoms with Gasteiger partial charge < -0.3 is 14.8 Å². The van der Waals surface area contributed by atoms with Crippen LogP contribution in [0.25, 0.3) is 0 Å². The molecule has 0 aliphatic heterocycles. The van der Waals surface area contributed by atoms with Crippen LogP contribution in [0.2, 0.25) is 0 Å². The van der Waals surface area contributed by atoms with Crippen molar-refractivity contribution in [3.05, 3.63) is 42.1 Å².